The van der Waals surface area contributed by atoms with E-state index in [-0.39, 0.29) is 18.2 Å². The number of halogens is 1. The Kier molecular flexibility index (Phi) is 5.25. The van der Waals surface area contributed by atoms with Crippen LogP contribution in [0.15, 0.2) is 59.5 Å². The standard InChI is InChI=1S/C18H18ClN3O2/c19-14-6-7-17-21-15(10-18(24)22(17)12-14)11-20-16(8-9-23)13-4-2-1-3-5-13/h1-7,10,12,16,20,23H,8-9,11H2. The number of pyridine rings is 1. The number of fused-ring (bicyclic) bond motifs is 1. The Morgan fingerprint density at radius 2 is 2.00 bits per heavy atom. The first kappa shape index (κ1) is 16.6. The Morgan fingerprint density at radius 3 is 2.75 bits per heavy atom. The summed E-state index contributed by atoms with van der Waals surface area (Å²) in [5.41, 5.74) is 2.14. The van der Waals surface area contributed by atoms with Crippen molar-refractivity contribution in [2.24, 2.45) is 0 Å². The Morgan fingerprint density at radius 1 is 1.21 bits per heavy atom. The van der Waals surface area contributed by atoms with Crippen molar-refractivity contribution >= 4 is 17.2 Å². The number of aromatic nitrogens is 2. The van der Waals surface area contributed by atoms with Gasteiger partial charge in [-0.3, -0.25) is 9.20 Å². The van der Waals surface area contributed by atoms with Crippen LogP contribution >= 0.6 is 11.6 Å². The maximum absolute atomic E-state index is 12.2. The molecule has 0 bridgehead atoms. The van der Waals surface area contributed by atoms with E-state index in [9.17, 15) is 9.90 Å². The molecule has 0 saturated heterocycles. The van der Waals surface area contributed by atoms with E-state index in [2.05, 4.69) is 10.3 Å². The van der Waals surface area contributed by atoms with Gasteiger partial charge in [-0.15, -0.1) is 0 Å². The molecule has 124 valence electrons. The highest BCUT2D eigenvalue weighted by molar-refractivity contribution is 6.30. The Hall–Kier alpha value is -2.21. The molecule has 1 atom stereocenters. The van der Waals surface area contributed by atoms with Crippen LogP contribution in [0.25, 0.3) is 5.65 Å². The SMILES string of the molecule is O=c1cc(CNC(CCO)c2ccccc2)nc2ccc(Cl)cn12. The highest BCUT2D eigenvalue weighted by atomic mass is 35.5. The van der Waals surface area contributed by atoms with Gasteiger partial charge in [-0.2, -0.15) is 0 Å². The zero-order chi connectivity index (χ0) is 16.9. The van der Waals surface area contributed by atoms with E-state index in [1.165, 1.54) is 10.5 Å². The summed E-state index contributed by atoms with van der Waals surface area (Å²) in [6, 6.07) is 14.8. The van der Waals surface area contributed by atoms with Gasteiger partial charge >= 0.3 is 0 Å². The van der Waals surface area contributed by atoms with E-state index >= 15 is 0 Å². The third kappa shape index (κ3) is 3.82. The summed E-state index contributed by atoms with van der Waals surface area (Å²) in [5.74, 6) is 0. The van der Waals surface area contributed by atoms with Gasteiger partial charge in [0.1, 0.15) is 5.65 Å². The number of nitrogens with one attached hydrogen (secondary N) is 1. The quantitative estimate of drug-likeness (QED) is 0.722. The monoisotopic (exact) mass is 343 g/mol. The fourth-order valence-electron chi connectivity index (χ4n) is 2.65. The molecule has 0 spiro atoms. The van der Waals surface area contributed by atoms with Gasteiger partial charge in [0.05, 0.1) is 10.7 Å². The molecule has 0 fully saturated rings. The Bertz CT molecular complexity index is 880. The fraction of sp³-hybridized carbons (Fsp3) is 0.222. The molecule has 0 aliphatic heterocycles. The van der Waals surface area contributed by atoms with Crippen LogP contribution in [-0.4, -0.2) is 21.1 Å². The van der Waals surface area contributed by atoms with Crippen molar-refractivity contribution in [1.82, 2.24) is 14.7 Å². The molecule has 0 saturated carbocycles. The van der Waals surface area contributed by atoms with Crippen molar-refractivity contribution < 1.29 is 5.11 Å². The van der Waals surface area contributed by atoms with Crippen LogP contribution in [0, 0.1) is 0 Å². The lowest BCUT2D eigenvalue weighted by Crippen LogP contribution is -2.24. The Labute approximate surface area is 144 Å². The van der Waals surface area contributed by atoms with Gasteiger partial charge in [-0.05, 0) is 24.1 Å². The van der Waals surface area contributed by atoms with Crippen LogP contribution in [0.5, 0.6) is 0 Å². The zero-order valence-corrected chi connectivity index (χ0v) is 13.8. The van der Waals surface area contributed by atoms with Crippen LogP contribution in [0.4, 0.5) is 0 Å². The molecule has 1 aromatic carbocycles. The lowest BCUT2D eigenvalue weighted by molar-refractivity contribution is 0.265. The normalized spacial score (nSPS) is 12.4. The van der Waals surface area contributed by atoms with E-state index in [4.69, 9.17) is 11.6 Å². The summed E-state index contributed by atoms with van der Waals surface area (Å²) in [4.78, 5) is 16.7. The zero-order valence-electron chi connectivity index (χ0n) is 13.0. The smallest absolute Gasteiger partial charge is 0.258 e. The van der Waals surface area contributed by atoms with Crippen LogP contribution in [-0.2, 0) is 6.54 Å². The van der Waals surface area contributed by atoms with Gasteiger partial charge in [-0.25, -0.2) is 4.98 Å². The van der Waals surface area contributed by atoms with E-state index in [0.717, 1.165) is 5.56 Å². The molecule has 2 aromatic heterocycles. The molecule has 2 N–H and O–H groups in total. The Balaban J connectivity index is 1.81. The fourth-order valence-corrected chi connectivity index (χ4v) is 2.81. The molecule has 24 heavy (non-hydrogen) atoms. The van der Waals surface area contributed by atoms with E-state index < -0.39 is 0 Å². The predicted molar refractivity (Wildman–Crippen MR) is 94.2 cm³/mol. The van der Waals surface area contributed by atoms with Crippen LogP contribution in [0.3, 0.4) is 0 Å². The van der Waals surface area contributed by atoms with Gasteiger partial charge < -0.3 is 10.4 Å². The molecule has 0 radical (unpaired) electrons. The maximum Gasteiger partial charge on any atom is 0.258 e. The van der Waals surface area contributed by atoms with Crippen molar-refractivity contribution in [3.05, 3.63) is 81.4 Å². The van der Waals surface area contributed by atoms with Crippen molar-refractivity contribution in [3.63, 3.8) is 0 Å². The van der Waals surface area contributed by atoms with Crippen LogP contribution in [0.1, 0.15) is 23.7 Å². The minimum absolute atomic E-state index is 0.00155. The topological polar surface area (TPSA) is 66.6 Å². The molecule has 1 unspecified atom stereocenters. The second-order valence-corrected chi connectivity index (χ2v) is 5.95. The lowest BCUT2D eigenvalue weighted by atomic mass is 10.0. The van der Waals surface area contributed by atoms with Crippen molar-refractivity contribution in [1.29, 1.82) is 0 Å². The molecule has 0 amide bonds. The molecule has 3 rings (SSSR count). The summed E-state index contributed by atoms with van der Waals surface area (Å²) in [7, 11) is 0. The minimum Gasteiger partial charge on any atom is -0.396 e. The van der Waals surface area contributed by atoms with Gasteiger partial charge in [0, 0.05) is 31.5 Å². The molecule has 2 heterocycles. The first-order valence-corrected chi connectivity index (χ1v) is 8.12. The number of aliphatic hydroxyl groups is 1. The minimum atomic E-state index is -0.169. The maximum atomic E-state index is 12.2. The summed E-state index contributed by atoms with van der Waals surface area (Å²) in [5, 5.41) is 13.1. The van der Waals surface area contributed by atoms with Crippen molar-refractivity contribution in [2.45, 2.75) is 19.0 Å². The first-order valence-electron chi connectivity index (χ1n) is 7.74. The van der Waals surface area contributed by atoms with Crippen molar-refractivity contribution in [2.75, 3.05) is 6.61 Å². The predicted octanol–water partition coefficient (Wildman–Crippen LogP) is 2.56. The van der Waals surface area contributed by atoms with Gasteiger partial charge in [0.15, 0.2) is 0 Å². The highest BCUT2D eigenvalue weighted by Crippen LogP contribution is 2.16. The number of aliphatic hydroxyl groups excluding tert-OH is 1. The number of hydrogen-bond acceptors (Lipinski definition) is 4. The number of rotatable bonds is 6. The van der Waals surface area contributed by atoms with E-state index in [0.29, 0.717) is 29.3 Å². The number of nitrogens with zero attached hydrogens (tertiary/aromatic N) is 2. The largest absolute Gasteiger partial charge is 0.396 e. The highest BCUT2D eigenvalue weighted by Gasteiger charge is 2.11. The summed E-state index contributed by atoms with van der Waals surface area (Å²) >= 11 is 5.91. The summed E-state index contributed by atoms with van der Waals surface area (Å²) in [6.07, 6.45) is 2.15. The summed E-state index contributed by atoms with van der Waals surface area (Å²) in [6.45, 7) is 0.521. The summed E-state index contributed by atoms with van der Waals surface area (Å²) < 4.78 is 1.42. The second-order valence-electron chi connectivity index (χ2n) is 5.52. The van der Waals surface area contributed by atoms with Crippen molar-refractivity contribution in [3.8, 4) is 0 Å². The van der Waals surface area contributed by atoms with E-state index in [1.807, 2.05) is 30.3 Å². The molecule has 3 aromatic rings. The average molecular weight is 344 g/mol. The van der Waals surface area contributed by atoms with Gasteiger partial charge in [0.25, 0.3) is 5.56 Å². The molecular weight excluding hydrogens is 326 g/mol. The molecule has 0 aliphatic carbocycles. The molecule has 6 heteroatoms. The molecule has 5 nitrogen and oxygen atoms in total. The number of benzene rings is 1. The lowest BCUT2D eigenvalue weighted by Gasteiger charge is -2.18. The van der Waals surface area contributed by atoms with Gasteiger partial charge in [-0.1, -0.05) is 41.9 Å². The third-order valence-corrected chi connectivity index (χ3v) is 4.05. The number of hydrogen-bond donors (Lipinski definition) is 2. The first-order chi connectivity index (χ1) is 11.7. The second kappa shape index (κ2) is 7.57. The van der Waals surface area contributed by atoms with E-state index in [1.54, 1.807) is 18.3 Å². The average Bonchev–Trinajstić information content (AvgIpc) is 2.60. The molecular formula is C18H18ClN3O2. The van der Waals surface area contributed by atoms with Crippen LogP contribution < -0.4 is 10.9 Å². The molecule has 0 aliphatic rings. The van der Waals surface area contributed by atoms with Gasteiger partial charge in [0.2, 0.25) is 0 Å². The third-order valence-electron chi connectivity index (χ3n) is 3.83. The van der Waals surface area contributed by atoms with Crippen LogP contribution in [0.2, 0.25) is 5.02 Å².